The van der Waals surface area contributed by atoms with Crippen LogP contribution in [0, 0.1) is 5.41 Å². The van der Waals surface area contributed by atoms with E-state index in [-0.39, 0.29) is 5.41 Å². The van der Waals surface area contributed by atoms with Gasteiger partial charge >= 0.3 is 0 Å². The number of aromatic amines is 1. The molecule has 0 bridgehead atoms. The van der Waals surface area contributed by atoms with Crippen molar-refractivity contribution in [1.82, 2.24) is 10.2 Å². The van der Waals surface area contributed by atoms with Crippen molar-refractivity contribution in [3.63, 3.8) is 0 Å². The maximum absolute atomic E-state index is 9.13. The van der Waals surface area contributed by atoms with Crippen molar-refractivity contribution < 1.29 is 5.21 Å². The largest absolute Gasteiger partial charge is 0.411 e. The first-order valence-corrected chi connectivity index (χ1v) is 5.85. The second-order valence-corrected chi connectivity index (χ2v) is 5.34. The van der Waals surface area contributed by atoms with Crippen LogP contribution in [0.1, 0.15) is 50.6 Å². The van der Waals surface area contributed by atoms with E-state index in [0.717, 1.165) is 48.3 Å². The summed E-state index contributed by atoms with van der Waals surface area (Å²) < 4.78 is 0. The summed E-state index contributed by atoms with van der Waals surface area (Å²) >= 11 is 0. The number of aromatic nitrogens is 2. The van der Waals surface area contributed by atoms with E-state index in [1.165, 1.54) is 0 Å². The molecule has 1 aromatic rings. The highest BCUT2D eigenvalue weighted by Crippen LogP contribution is 2.35. The van der Waals surface area contributed by atoms with Crippen molar-refractivity contribution in [1.29, 1.82) is 0 Å². The summed E-state index contributed by atoms with van der Waals surface area (Å²) in [6, 6.07) is 0. The van der Waals surface area contributed by atoms with Crippen LogP contribution in [0.15, 0.2) is 5.16 Å². The van der Waals surface area contributed by atoms with Gasteiger partial charge in [0.2, 0.25) is 0 Å². The lowest BCUT2D eigenvalue weighted by Crippen LogP contribution is -2.27. The molecule has 1 aliphatic rings. The quantitative estimate of drug-likeness (QED) is 0.595. The van der Waals surface area contributed by atoms with Crippen molar-refractivity contribution in [3.8, 4) is 0 Å². The van der Waals surface area contributed by atoms with Gasteiger partial charge in [-0.3, -0.25) is 5.10 Å². The number of hydrogen-bond acceptors (Lipinski definition) is 3. The van der Waals surface area contributed by atoms with E-state index in [1.807, 2.05) is 0 Å². The molecule has 0 radical (unpaired) electrons. The molecular formula is C12H19N3O. The normalized spacial score (nSPS) is 21.1. The van der Waals surface area contributed by atoms with E-state index in [4.69, 9.17) is 5.21 Å². The number of oxime groups is 1. The van der Waals surface area contributed by atoms with Crippen LogP contribution in [-0.4, -0.2) is 21.1 Å². The molecule has 4 nitrogen and oxygen atoms in total. The number of fused-ring (bicyclic) bond motifs is 1. The Balaban J connectivity index is 2.45. The second-order valence-electron chi connectivity index (χ2n) is 5.34. The summed E-state index contributed by atoms with van der Waals surface area (Å²) in [7, 11) is 0. The van der Waals surface area contributed by atoms with Gasteiger partial charge in [-0.15, -0.1) is 0 Å². The molecule has 0 amide bonds. The molecule has 0 spiro atoms. The molecule has 0 saturated heterocycles. The lowest BCUT2D eigenvalue weighted by molar-refractivity contribution is 0.306. The summed E-state index contributed by atoms with van der Waals surface area (Å²) in [5.41, 5.74) is 4.14. The number of H-pyrrole nitrogens is 1. The highest BCUT2D eigenvalue weighted by atomic mass is 16.4. The first-order valence-electron chi connectivity index (χ1n) is 5.85. The Morgan fingerprint density at radius 3 is 2.81 bits per heavy atom. The van der Waals surface area contributed by atoms with Gasteiger partial charge in [0.15, 0.2) is 0 Å². The van der Waals surface area contributed by atoms with Crippen molar-refractivity contribution >= 4 is 5.71 Å². The minimum absolute atomic E-state index is 0.143. The molecule has 4 heteroatoms. The number of aryl methyl sites for hydroxylation is 1. The Morgan fingerprint density at radius 1 is 1.44 bits per heavy atom. The van der Waals surface area contributed by atoms with Crippen LogP contribution >= 0.6 is 0 Å². The highest BCUT2D eigenvalue weighted by molar-refractivity contribution is 6.03. The maximum atomic E-state index is 9.13. The Labute approximate surface area is 95.8 Å². The molecule has 1 aliphatic carbocycles. The van der Waals surface area contributed by atoms with Crippen LogP contribution in [0.2, 0.25) is 0 Å². The molecular weight excluding hydrogens is 202 g/mol. The highest BCUT2D eigenvalue weighted by Gasteiger charge is 2.33. The Bertz CT molecular complexity index is 418. The van der Waals surface area contributed by atoms with Gasteiger partial charge in [-0.1, -0.05) is 32.3 Å². The summed E-state index contributed by atoms with van der Waals surface area (Å²) in [5, 5.41) is 20.0. The topological polar surface area (TPSA) is 61.3 Å². The number of hydrogen-bond donors (Lipinski definition) is 2. The minimum atomic E-state index is 0.143. The molecule has 0 unspecified atom stereocenters. The number of nitrogens with one attached hydrogen (secondary N) is 1. The van der Waals surface area contributed by atoms with Crippen LogP contribution < -0.4 is 0 Å². The standard InChI is InChI=1S/C12H19N3O/c1-4-5-8-11-9(14-13-8)6-12(2,3)7-10(11)15-16/h16H,4-7H2,1-3H3,(H,13,14)/b15-10-. The van der Waals surface area contributed by atoms with Crippen LogP contribution in [0.25, 0.3) is 0 Å². The predicted molar refractivity (Wildman–Crippen MR) is 63.0 cm³/mol. The predicted octanol–water partition coefficient (Wildman–Crippen LogP) is 2.51. The van der Waals surface area contributed by atoms with Crippen molar-refractivity contribution in [2.24, 2.45) is 10.6 Å². The lowest BCUT2D eigenvalue weighted by atomic mass is 9.75. The van der Waals surface area contributed by atoms with E-state index in [2.05, 4.69) is 36.1 Å². The molecule has 88 valence electrons. The first-order chi connectivity index (χ1) is 7.57. The zero-order valence-electron chi connectivity index (χ0n) is 10.2. The van der Waals surface area contributed by atoms with Crippen LogP contribution in [0.4, 0.5) is 0 Å². The Hall–Kier alpha value is -1.32. The molecule has 0 atom stereocenters. The Morgan fingerprint density at radius 2 is 2.19 bits per heavy atom. The zero-order chi connectivity index (χ0) is 11.8. The molecule has 2 N–H and O–H groups in total. The molecule has 0 saturated carbocycles. The van der Waals surface area contributed by atoms with E-state index >= 15 is 0 Å². The van der Waals surface area contributed by atoms with Crippen LogP contribution in [-0.2, 0) is 12.8 Å². The van der Waals surface area contributed by atoms with E-state index in [0.29, 0.717) is 0 Å². The molecule has 16 heavy (non-hydrogen) atoms. The van der Waals surface area contributed by atoms with Gasteiger partial charge in [0, 0.05) is 11.3 Å². The fourth-order valence-electron chi connectivity index (χ4n) is 2.48. The van der Waals surface area contributed by atoms with Crippen LogP contribution in [0.3, 0.4) is 0 Å². The van der Waals surface area contributed by atoms with Gasteiger partial charge in [-0.05, 0) is 24.7 Å². The monoisotopic (exact) mass is 221 g/mol. The first kappa shape index (κ1) is 11.2. The fourth-order valence-corrected chi connectivity index (χ4v) is 2.48. The molecule has 0 fully saturated rings. The van der Waals surface area contributed by atoms with E-state index < -0.39 is 0 Å². The fraction of sp³-hybridized carbons (Fsp3) is 0.667. The van der Waals surface area contributed by atoms with E-state index in [9.17, 15) is 0 Å². The van der Waals surface area contributed by atoms with Gasteiger partial charge in [-0.2, -0.15) is 5.10 Å². The van der Waals surface area contributed by atoms with Gasteiger partial charge in [-0.25, -0.2) is 0 Å². The Kier molecular flexibility index (Phi) is 2.74. The number of nitrogens with zero attached hydrogens (tertiary/aromatic N) is 2. The third kappa shape index (κ3) is 1.84. The van der Waals surface area contributed by atoms with Gasteiger partial charge < -0.3 is 5.21 Å². The van der Waals surface area contributed by atoms with Crippen LogP contribution in [0.5, 0.6) is 0 Å². The van der Waals surface area contributed by atoms with Crippen molar-refractivity contribution in [2.75, 3.05) is 0 Å². The summed E-state index contributed by atoms with van der Waals surface area (Å²) in [5.74, 6) is 0. The summed E-state index contributed by atoms with van der Waals surface area (Å²) in [4.78, 5) is 0. The van der Waals surface area contributed by atoms with Crippen molar-refractivity contribution in [3.05, 3.63) is 17.0 Å². The average Bonchev–Trinajstić information content (AvgIpc) is 2.59. The van der Waals surface area contributed by atoms with Crippen molar-refractivity contribution in [2.45, 2.75) is 46.5 Å². The summed E-state index contributed by atoms with van der Waals surface area (Å²) in [6.07, 6.45) is 3.77. The summed E-state index contributed by atoms with van der Waals surface area (Å²) in [6.45, 7) is 6.49. The third-order valence-corrected chi connectivity index (χ3v) is 3.11. The third-order valence-electron chi connectivity index (χ3n) is 3.11. The molecule has 2 rings (SSSR count). The maximum Gasteiger partial charge on any atom is 0.0910 e. The molecule has 0 aromatic carbocycles. The average molecular weight is 221 g/mol. The lowest BCUT2D eigenvalue weighted by Gasteiger charge is -2.29. The van der Waals surface area contributed by atoms with Gasteiger partial charge in [0.25, 0.3) is 0 Å². The minimum Gasteiger partial charge on any atom is -0.411 e. The SMILES string of the molecule is CCCc1n[nH]c2c1/C(=N\O)CC(C)(C)C2. The number of rotatable bonds is 2. The molecule has 0 aliphatic heterocycles. The second kappa shape index (κ2) is 3.92. The van der Waals surface area contributed by atoms with Gasteiger partial charge in [0.05, 0.1) is 11.4 Å². The van der Waals surface area contributed by atoms with Gasteiger partial charge in [0.1, 0.15) is 0 Å². The zero-order valence-corrected chi connectivity index (χ0v) is 10.2. The van der Waals surface area contributed by atoms with E-state index in [1.54, 1.807) is 0 Å². The molecule has 1 aromatic heterocycles. The molecule has 1 heterocycles. The smallest absolute Gasteiger partial charge is 0.0910 e.